The predicted molar refractivity (Wildman–Crippen MR) is 74.4 cm³/mol. The van der Waals surface area contributed by atoms with Crippen LogP contribution in [-0.2, 0) is 9.59 Å². The van der Waals surface area contributed by atoms with Crippen LogP contribution in [0, 0.1) is 13.8 Å². The van der Waals surface area contributed by atoms with Crippen molar-refractivity contribution in [3.05, 3.63) is 27.7 Å². The fourth-order valence-corrected chi connectivity index (χ4v) is 1.82. The van der Waals surface area contributed by atoms with E-state index in [9.17, 15) is 9.59 Å². The Morgan fingerprint density at radius 3 is 2.32 bits per heavy atom. The van der Waals surface area contributed by atoms with Crippen molar-refractivity contribution in [2.75, 3.05) is 6.61 Å². The molecule has 0 fully saturated rings. The van der Waals surface area contributed by atoms with Gasteiger partial charge in [-0.15, -0.1) is 0 Å². The van der Waals surface area contributed by atoms with Crippen molar-refractivity contribution in [3.8, 4) is 5.75 Å². The van der Waals surface area contributed by atoms with Gasteiger partial charge in [-0.25, -0.2) is 4.79 Å². The summed E-state index contributed by atoms with van der Waals surface area (Å²) in [6.07, 6.45) is 0. The van der Waals surface area contributed by atoms with Crippen LogP contribution in [0.5, 0.6) is 5.75 Å². The number of aliphatic carboxylic acids is 1. The number of carboxylic acids is 1. The molecule has 104 valence electrons. The Bertz CT molecular complexity index is 478. The molecule has 0 saturated heterocycles. The van der Waals surface area contributed by atoms with Gasteiger partial charge in [-0.1, -0.05) is 15.9 Å². The lowest BCUT2D eigenvalue weighted by Gasteiger charge is -2.15. The van der Waals surface area contributed by atoms with Gasteiger partial charge in [0, 0.05) is 11.4 Å². The number of amides is 1. The summed E-state index contributed by atoms with van der Waals surface area (Å²) in [5.41, 5.74) is 2.00. The van der Waals surface area contributed by atoms with E-state index in [2.05, 4.69) is 21.2 Å². The molecule has 1 rings (SSSR count). The Morgan fingerprint density at radius 2 is 1.89 bits per heavy atom. The number of aryl methyl sites for hydroxylation is 2. The molecule has 0 heterocycles. The van der Waals surface area contributed by atoms with Crippen LogP contribution in [0.3, 0.4) is 0 Å². The number of nitrogens with one attached hydrogen (secondary N) is 1. The van der Waals surface area contributed by atoms with Crippen molar-refractivity contribution >= 4 is 27.8 Å². The minimum absolute atomic E-state index is 0.116. The molecule has 0 saturated carbocycles. The topological polar surface area (TPSA) is 75.6 Å². The number of carbonyl (C=O) groups excluding carboxylic acids is 1. The summed E-state index contributed by atoms with van der Waals surface area (Å²) in [5.74, 6) is -0.949. The predicted octanol–water partition coefficient (Wildman–Crippen LogP) is 2.03. The maximum absolute atomic E-state index is 10.9. The number of benzene rings is 1. The quantitative estimate of drug-likeness (QED) is 0.866. The number of carboxylic acid groups (broad SMARTS) is 1. The van der Waals surface area contributed by atoms with Crippen LogP contribution in [0.25, 0.3) is 0 Å². The molecule has 0 radical (unpaired) electrons. The summed E-state index contributed by atoms with van der Waals surface area (Å²) in [6, 6.07) is 2.56. The van der Waals surface area contributed by atoms with E-state index in [1.807, 2.05) is 26.0 Å². The van der Waals surface area contributed by atoms with E-state index in [1.54, 1.807) is 0 Å². The monoisotopic (exact) mass is 329 g/mol. The molecule has 5 nitrogen and oxygen atoms in total. The van der Waals surface area contributed by atoms with Crippen LogP contribution in [-0.4, -0.2) is 29.6 Å². The smallest absolute Gasteiger partial charge is 0.329 e. The van der Waals surface area contributed by atoms with Crippen molar-refractivity contribution < 1.29 is 19.4 Å². The first-order chi connectivity index (χ1) is 8.81. The number of rotatable bonds is 5. The van der Waals surface area contributed by atoms with Gasteiger partial charge in [0.15, 0.2) is 6.04 Å². The Hall–Kier alpha value is -1.56. The molecule has 19 heavy (non-hydrogen) atoms. The van der Waals surface area contributed by atoms with Crippen LogP contribution >= 0.6 is 15.9 Å². The van der Waals surface area contributed by atoms with Crippen LogP contribution in [0.2, 0.25) is 0 Å². The standard InChI is InChI=1S/C13H16BrNO4/c1-7-4-10(5-8(2)12(7)14)19-6-11(13(17)18)15-9(3)16/h4-5,11H,6H2,1-3H3,(H,15,16)(H,17,18). The van der Waals surface area contributed by atoms with E-state index >= 15 is 0 Å². The summed E-state index contributed by atoms with van der Waals surface area (Å²) >= 11 is 3.44. The minimum Gasteiger partial charge on any atom is -0.491 e. The number of hydrogen-bond donors (Lipinski definition) is 2. The van der Waals surface area contributed by atoms with E-state index in [4.69, 9.17) is 9.84 Å². The lowest BCUT2D eigenvalue weighted by molar-refractivity contribution is -0.142. The SMILES string of the molecule is CC(=O)NC(COc1cc(C)c(Br)c(C)c1)C(=O)O. The Kier molecular flexibility index (Phi) is 5.35. The first kappa shape index (κ1) is 15.5. The Morgan fingerprint density at radius 1 is 1.37 bits per heavy atom. The maximum Gasteiger partial charge on any atom is 0.329 e. The van der Waals surface area contributed by atoms with E-state index in [0.717, 1.165) is 15.6 Å². The molecule has 0 bridgehead atoms. The van der Waals surface area contributed by atoms with E-state index in [0.29, 0.717) is 5.75 Å². The lowest BCUT2D eigenvalue weighted by atomic mass is 10.1. The molecule has 0 aromatic heterocycles. The zero-order valence-electron chi connectivity index (χ0n) is 11.0. The molecular formula is C13H16BrNO4. The summed E-state index contributed by atoms with van der Waals surface area (Å²) in [6.45, 7) is 5.00. The third-order valence-electron chi connectivity index (χ3n) is 2.50. The van der Waals surface area contributed by atoms with E-state index in [1.165, 1.54) is 6.92 Å². The van der Waals surface area contributed by atoms with Crippen molar-refractivity contribution in [3.63, 3.8) is 0 Å². The molecule has 0 aliphatic rings. The molecule has 1 unspecified atom stereocenters. The van der Waals surface area contributed by atoms with Gasteiger partial charge >= 0.3 is 5.97 Å². The third-order valence-corrected chi connectivity index (χ3v) is 3.75. The summed E-state index contributed by atoms with van der Waals surface area (Å²) < 4.78 is 6.43. The highest BCUT2D eigenvalue weighted by atomic mass is 79.9. The summed E-state index contributed by atoms with van der Waals surface area (Å²) in [5, 5.41) is 11.3. The molecule has 1 aromatic carbocycles. The molecule has 1 aromatic rings. The zero-order valence-corrected chi connectivity index (χ0v) is 12.6. The van der Waals surface area contributed by atoms with Crippen LogP contribution in [0.15, 0.2) is 16.6 Å². The fraction of sp³-hybridized carbons (Fsp3) is 0.385. The van der Waals surface area contributed by atoms with E-state index < -0.39 is 17.9 Å². The largest absolute Gasteiger partial charge is 0.491 e. The second-order valence-electron chi connectivity index (χ2n) is 4.27. The third kappa shape index (κ3) is 4.55. The van der Waals surface area contributed by atoms with Crippen molar-refractivity contribution in [2.24, 2.45) is 0 Å². The molecular weight excluding hydrogens is 314 g/mol. The fourth-order valence-electron chi connectivity index (χ4n) is 1.59. The first-order valence-corrected chi connectivity index (χ1v) is 6.50. The van der Waals surface area contributed by atoms with Gasteiger partial charge < -0.3 is 15.2 Å². The molecule has 0 aliphatic carbocycles. The second-order valence-corrected chi connectivity index (χ2v) is 5.07. The van der Waals surface area contributed by atoms with Gasteiger partial charge in [-0.3, -0.25) is 4.79 Å². The highest BCUT2D eigenvalue weighted by Crippen LogP contribution is 2.26. The van der Waals surface area contributed by atoms with Gasteiger partial charge in [-0.2, -0.15) is 0 Å². The van der Waals surface area contributed by atoms with Gasteiger partial charge in [0.05, 0.1) is 0 Å². The normalized spacial score (nSPS) is 11.8. The Balaban J connectivity index is 2.74. The number of hydrogen-bond acceptors (Lipinski definition) is 3. The summed E-state index contributed by atoms with van der Waals surface area (Å²) in [4.78, 5) is 21.8. The Labute approximate surface area is 120 Å². The molecule has 1 atom stereocenters. The second kappa shape index (κ2) is 6.56. The average molecular weight is 330 g/mol. The number of ether oxygens (including phenoxy) is 1. The minimum atomic E-state index is -1.12. The molecule has 2 N–H and O–H groups in total. The lowest BCUT2D eigenvalue weighted by Crippen LogP contribution is -2.43. The number of halogens is 1. The van der Waals surface area contributed by atoms with Crippen LogP contribution in [0.4, 0.5) is 0 Å². The first-order valence-electron chi connectivity index (χ1n) is 5.70. The molecule has 0 spiro atoms. The molecule has 0 aliphatic heterocycles. The van der Waals surface area contributed by atoms with Gasteiger partial charge in [0.25, 0.3) is 0 Å². The maximum atomic E-state index is 10.9. The van der Waals surface area contributed by atoms with Crippen molar-refractivity contribution in [1.82, 2.24) is 5.32 Å². The van der Waals surface area contributed by atoms with Crippen molar-refractivity contribution in [1.29, 1.82) is 0 Å². The van der Waals surface area contributed by atoms with Crippen LogP contribution < -0.4 is 10.1 Å². The number of carbonyl (C=O) groups is 2. The molecule has 1 amide bonds. The van der Waals surface area contributed by atoms with E-state index in [-0.39, 0.29) is 6.61 Å². The van der Waals surface area contributed by atoms with Gasteiger partial charge in [0.1, 0.15) is 12.4 Å². The molecule has 6 heteroatoms. The highest BCUT2D eigenvalue weighted by molar-refractivity contribution is 9.10. The zero-order chi connectivity index (χ0) is 14.6. The highest BCUT2D eigenvalue weighted by Gasteiger charge is 2.19. The van der Waals surface area contributed by atoms with Gasteiger partial charge in [0.2, 0.25) is 5.91 Å². The summed E-state index contributed by atoms with van der Waals surface area (Å²) in [7, 11) is 0. The van der Waals surface area contributed by atoms with Crippen LogP contribution in [0.1, 0.15) is 18.1 Å². The van der Waals surface area contributed by atoms with Crippen molar-refractivity contribution in [2.45, 2.75) is 26.8 Å². The van der Waals surface area contributed by atoms with Gasteiger partial charge in [-0.05, 0) is 37.1 Å². The average Bonchev–Trinajstić information content (AvgIpc) is 2.30.